The minimum Gasteiger partial charge on any atom is -0.338 e. The number of carbonyl (C=O) groups excluding carboxylic acids is 1. The Labute approximate surface area is 116 Å². The lowest BCUT2D eigenvalue weighted by atomic mass is 9.91. The summed E-state index contributed by atoms with van der Waals surface area (Å²) in [6, 6.07) is 10.0. The quantitative estimate of drug-likeness (QED) is 0.741. The molecule has 19 heavy (non-hydrogen) atoms. The van der Waals surface area contributed by atoms with Crippen LogP contribution in [0.2, 0.25) is 0 Å². The predicted molar refractivity (Wildman–Crippen MR) is 79.6 cm³/mol. The van der Waals surface area contributed by atoms with Crippen molar-refractivity contribution in [1.82, 2.24) is 4.90 Å². The van der Waals surface area contributed by atoms with Gasteiger partial charge in [0.15, 0.2) is 0 Å². The Kier molecular flexibility index (Phi) is 4.41. The lowest BCUT2D eigenvalue weighted by Crippen LogP contribution is -2.42. The number of carbonyl (C=O) groups is 1. The van der Waals surface area contributed by atoms with Gasteiger partial charge < -0.3 is 4.90 Å². The number of rotatable bonds is 2. The second kappa shape index (κ2) is 6.05. The van der Waals surface area contributed by atoms with Crippen molar-refractivity contribution in [3.63, 3.8) is 0 Å². The second-order valence-corrected chi connectivity index (χ2v) is 5.89. The van der Waals surface area contributed by atoms with Gasteiger partial charge in [0.2, 0.25) is 5.91 Å². The Bertz CT molecular complexity index is 453. The molecule has 0 N–H and O–H groups in total. The van der Waals surface area contributed by atoms with Crippen LogP contribution in [0.25, 0.3) is 6.08 Å². The molecule has 1 fully saturated rings. The van der Waals surface area contributed by atoms with E-state index in [0.29, 0.717) is 11.8 Å². The Morgan fingerprint density at radius 1 is 1.16 bits per heavy atom. The molecule has 0 spiro atoms. The normalized spacial score (nSPS) is 24.4. The van der Waals surface area contributed by atoms with E-state index in [-0.39, 0.29) is 5.91 Å². The molecule has 2 heteroatoms. The Balaban J connectivity index is 2.09. The highest BCUT2D eigenvalue weighted by Gasteiger charge is 2.25. The zero-order chi connectivity index (χ0) is 13.8. The van der Waals surface area contributed by atoms with Gasteiger partial charge in [-0.15, -0.1) is 0 Å². The minimum atomic E-state index is 0.183. The largest absolute Gasteiger partial charge is 0.338 e. The Morgan fingerprint density at radius 3 is 2.32 bits per heavy atom. The molecular formula is C17H23NO. The molecular weight excluding hydrogens is 234 g/mol. The lowest BCUT2D eigenvalue weighted by molar-refractivity contribution is -0.129. The molecule has 2 nitrogen and oxygen atoms in total. The number of benzene rings is 1. The van der Waals surface area contributed by atoms with Gasteiger partial charge >= 0.3 is 0 Å². The van der Waals surface area contributed by atoms with Crippen molar-refractivity contribution < 1.29 is 4.79 Å². The first-order valence-corrected chi connectivity index (χ1v) is 7.09. The van der Waals surface area contributed by atoms with Gasteiger partial charge in [-0.2, -0.15) is 0 Å². The van der Waals surface area contributed by atoms with Crippen molar-refractivity contribution in [3.05, 3.63) is 41.5 Å². The summed E-state index contributed by atoms with van der Waals surface area (Å²) in [5.41, 5.74) is 1.92. The molecule has 1 aromatic carbocycles. The van der Waals surface area contributed by atoms with Crippen LogP contribution in [0.15, 0.2) is 35.9 Å². The molecule has 1 aromatic rings. The first-order valence-electron chi connectivity index (χ1n) is 7.09. The predicted octanol–water partition coefficient (Wildman–Crippen LogP) is 3.59. The molecule has 0 bridgehead atoms. The zero-order valence-corrected chi connectivity index (χ0v) is 12.1. The van der Waals surface area contributed by atoms with E-state index in [1.54, 1.807) is 0 Å². The third-order valence-electron chi connectivity index (χ3n) is 3.68. The molecule has 1 amide bonds. The average molecular weight is 257 g/mol. The van der Waals surface area contributed by atoms with E-state index in [1.165, 1.54) is 6.42 Å². The van der Waals surface area contributed by atoms with Crippen LogP contribution >= 0.6 is 0 Å². The summed E-state index contributed by atoms with van der Waals surface area (Å²) >= 11 is 0. The molecule has 1 aliphatic heterocycles. The maximum Gasteiger partial charge on any atom is 0.249 e. The van der Waals surface area contributed by atoms with E-state index in [0.717, 1.165) is 24.2 Å². The summed E-state index contributed by atoms with van der Waals surface area (Å²) < 4.78 is 0. The number of likely N-dealkylation sites (tertiary alicyclic amines) is 1. The summed E-state index contributed by atoms with van der Waals surface area (Å²) in [4.78, 5) is 14.5. The molecule has 1 aliphatic rings. The zero-order valence-electron chi connectivity index (χ0n) is 12.1. The monoisotopic (exact) mass is 257 g/mol. The fourth-order valence-corrected chi connectivity index (χ4v) is 2.94. The van der Waals surface area contributed by atoms with Crippen molar-refractivity contribution in [3.8, 4) is 0 Å². The van der Waals surface area contributed by atoms with Crippen molar-refractivity contribution in [2.24, 2.45) is 11.8 Å². The number of hydrogen-bond donors (Lipinski definition) is 0. The van der Waals surface area contributed by atoms with E-state index >= 15 is 0 Å². The van der Waals surface area contributed by atoms with E-state index in [1.807, 2.05) is 48.2 Å². The topological polar surface area (TPSA) is 20.3 Å². The maximum absolute atomic E-state index is 12.5. The number of nitrogens with zero attached hydrogens (tertiary/aromatic N) is 1. The lowest BCUT2D eigenvalue weighted by Gasteiger charge is -2.35. The van der Waals surface area contributed by atoms with Crippen LogP contribution in [-0.2, 0) is 4.79 Å². The van der Waals surface area contributed by atoms with Gasteiger partial charge in [0.1, 0.15) is 0 Å². The third-order valence-corrected chi connectivity index (χ3v) is 3.68. The molecule has 0 aliphatic carbocycles. The van der Waals surface area contributed by atoms with Gasteiger partial charge in [-0.05, 0) is 36.8 Å². The van der Waals surface area contributed by atoms with Crippen molar-refractivity contribution in [2.45, 2.75) is 27.2 Å². The third kappa shape index (κ3) is 3.69. The molecule has 2 atom stereocenters. The molecule has 1 saturated heterocycles. The fourth-order valence-electron chi connectivity index (χ4n) is 2.94. The van der Waals surface area contributed by atoms with E-state index in [9.17, 15) is 4.79 Å². The van der Waals surface area contributed by atoms with E-state index in [2.05, 4.69) is 13.8 Å². The van der Waals surface area contributed by atoms with E-state index in [4.69, 9.17) is 0 Å². The summed E-state index contributed by atoms with van der Waals surface area (Å²) in [6.07, 6.45) is 3.21. The number of piperidine rings is 1. The molecule has 1 heterocycles. The smallest absolute Gasteiger partial charge is 0.249 e. The fraction of sp³-hybridized carbons (Fsp3) is 0.471. The molecule has 0 aromatic heterocycles. The van der Waals surface area contributed by atoms with Crippen LogP contribution in [0, 0.1) is 11.8 Å². The van der Waals surface area contributed by atoms with Crippen molar-refractivity contribution in [2.75, 3.05) is 13.1 Å². The summed E-state index contributed by atoms with van der Waals surface area (Å²) in [5, 5.41) is 0. The molecule has 0 saturated carbocycles. The van der Waals surface area contributed by atoms with Gasteiger partial charge in [0, 0.05) is 18.7 Å². The maximum atomic E-state index is 12.5. The van der Waals surface area contributed by atoms with Crippen LogP contribution < -0.4 is 0 Å². The second-order valence-electron chi connectivity index (χ2n) is 5.89. The van der Waals surface area contributed by atoms with Crippen LogP contribution in [0.5, 0.6) is 0 Å². The minimum absolute atomic E-state index is 0.183. The Morgan fingerprint density at radius 2 is 1.74 bits per heavy atom. The number of amides is 1. The summed E-state index contributed by atoms with van der Waals surface area (Å²) in [7, 11) is 0. The van der Waals surface area contributed by atoms with Crippen LogP contribution in [0.1, 0.15) is 32.8 Å². The average Bonchev–Trinajstić information content (AvgIpc) is 2.37. The van der Waals surface area contributed by atoms with Gasteiger partial charge in [-0.1, -0.05) is 44.2 Å². The van der Waals surface area contributed by atoms with Gasteiger partial charge in [0.05, 0.1) is 0 Å². The van der Waals surface area contributed by atoms with Gasteiger partial charge in [-0.25, -0.2) is 0 Å². The van der Waals surface area contributed by atoms with Crippen LogP contribution in [0.4, 0.5) is 0 Å². The van der Waals surface area contributed by atoms with Crippen molar-refractivity contribution >= 4 is 12.0 Å². The summed E-state index contributed by atoms with van der Waals surface area (Å²) in [6.45, 7) is 8.16. The highest BCUT2D eigenvalue weighted by molar-refractivity contribution is 5.97. The Hall–Kier alpha value is -1.57. The van der Waals surface area contributed by atoms with Crippen molar-refractivity contribution in [1.29, 1.82) is 0 Å². The first kappa shape index (κ1) is 13.9. The molecule has 0 radical (unpaired) electrons. The molecule has 2 rings (SSSR count). The highest BCUT2D eigenvalue weighted by atomic mass is 16.2. The SMILES string of the molecule is C/C(=C/c1ccccc1)C(=O)N1C[C@H](C)C[C@H](C)C1. The standard InChI is InChI=1S/C17H23NO/c1-13-9-14(2)12-18(11-13)17(19)15(3)10-16-7-5-4-6-8-16/h4-8,10,13-14H,9,11-12H2,1-3H3/b15-10-/t13-,14+. The first-order chi connectivity index (χ1) is 9.06. The van der Waals surface area contributed by atoms with Crippen LogP contribution in [0.3, 0.4) is 0 Å². The summed E-state index contributed by atoms with van der Waals surface area (Å²) in [5.74, 6) is 1.40. The number of hydrogen-bond acceptors (Lipinski definition) is 1. The molecule has 0 unspecified atom stereocenters. The molecule has 102 valence electrons. The van der Waals surface area contributed by atoms with Gasteiger partial charge in [-0.3, -0.25) is 4.79 Å². The van der Waals surface area contributed by atoms with E-state index < -0.39 is 0 Å². The van der Waals surface area contributed by atoms with Gasteiger partial charge in [0.25, 0.3) is 0 Å². The van der Waals surface area contributed by atoms with Crippen LogP contribution in [-0.4, -0.2) is 23.9 Å². The highest BCUT2D eigenvalue weighted by Crippen LogP contribution is 2.22.